The number of hydrogen-bond acceptors (Lipinski definition) is 3. The zero-order chi connectivity index (χ0) is 12.2. The van der Waals surface area contributed by atoms with E-state index in [0.29, 0.717) is 30.1 Å². The van der Waals surface area contributed by atoms with Crippen molar-refractivity contribution in [1.82, 2.24) is 5.32 Å². The Morgan fingerprint density at radius 2 is 1.94 bits per heavy atom. The van der Waals surface area contributed by atoms with Crippen molar-refractivity contribution in [2.75, 3.05) is 19.6 Å². The van der Waals surface area contributed by atoms with Gasteiger partial charge in [-0.25, -0.2) is 0 Å². The number of rotatable bonds is 6. The van der Waals surface area contributed by atoms with Crippen molar-refractivity contribution < 1.29 is 4.74 Å². The summed E-state index contributed by atoms with van der Waals surface area (Å²) in [7, 11) is 0. The fraction of sp³-hybridized carbons (Fsp3) is 1.00. The maximum Gasteiger partial charge on any atom is 0.0704 e. The molecule has 3 nitrogen and oxygen atoms in total. The van der Waals surface area contributed by atoms with Crippen LogP contribution >= 0.6 is 0 Å². The van der Waals surface area contributed by atoms with E-state index in [-0.39, 0.29) is 0 Å². The second-order valence-electron chi connectivity index (χ2n) is 5.97. The molecule has 0 aliphatic carbocycles. The molecule has 0 radical (unpaired) electrons. The maximum absolute atomic E-state index is 5.80. The third-order valence-electron chi connectivity index (χ3n) is 3.97. The zero-order valence-electron chi connectivity index (χ0n) is 11.3. The number of ether oxygens (including phenoxy) is 1. The van der Waals surface area contributed by atoms with Gasteiger partial charge in [-0.2, -0.15) is 0 Å². The fourth-order valence-electron chi connectivity index (χ4n) is 1.86. The Hall–Kier alpha value is -0.120. The Labute approximate surface area is 100 Å². The van der Waals surface area contributed by atoms with E-state index >= 15 is 0 Å². The molecule has 0 aromatic carbocycles. The van der Waals surface area contributed by atoms with Crippen molar-refractivity contribution in [2.24, 2.45) is 17.1 Å². The summed E-state index contributed by atoms with van der Waals surface area (Å²) in [5.41, 5.74) is 5.94. The van der Waals surface area contributed by atoms with Crippen molar-refractivity contribution in [2.45, 2.75) is 52.7 Å². The van der Waals surface area contributed by atoms with Gasteiger partial charge in [-0.05, 0) is 24.2 Å². The van der Waals surface area contributed by atoms with Gasteiger partial charge in [0.1, 0.15) is 0 Å². The molecule has 0 saturated carbocycles. The van der Waals surface area contributed by atoms with E-state index in [1.54, 1.807) is 0 Å². The average molecular weight is 228 g/mol. The molecule has 1 fully saturated rings. The van der Waals surface area contributed by atoms with Crippen LogP contribution in [0.15, 0.2) is 0 Å². The van der Waals surface area contributed by atoms with E-state index in [9.17, 15) is 0 Å². The first-order chi connectivity index (χ1) is 7.45. The van der Waals surface area contributed by atoms with Crippen LogP contribution < -0.4 is 11.1 Å². The Bertz CT molecular complexity index is 204. The summed E-state index contributed by atoms with van der Waals surface area (Å²) in [6, 6.07) is 0. The smallest absolute Gasteiger partial charge is 0.0704 e. The highest BCUT2D eigenvalue weighted by Gasteiger charge is 2.25. The predicted molar refractivity (Wildman–Crippen MR) is 68.4 cm³/mol. The molecule has 0 aromatic rings. The molecule has 2 unspecified atom stereocenters. The van der Waals surface area contributed by atoms with E-state index in [4.69, 9.17) is 10.5 Å². The Kier molecular flexibility index (Phi) is 5.22. The summed E-state index contributed by atoms with van der Waals surface area (Å²) in [6.07, 6.45) is 2.94. The molecular weight excluding hydrogens is 200 g/mol. The number of nitrogens with two attached hydrogens (primary N) is 1. The molecule has 1 aliphatic heterocycles. The maximum atomic E-state index is 5.80. The van der Waals surface area contributed by atoms with E-state index < -0.39 is 0 Å². The third kappa shape index (κ3) is 4.04. The van der Waals surface area contributed by atoms with Gasteiger partial charge in [-0.1, -0.05) is 27.7 Å². The van der Waals surface area contributed by atoms with Crippen molar-refractivity contribution in [1.29, 1.82) is 0 Å². The van der Waals surface area contributed by atoms with Crippen LogP contribution in [0.25, 0.3) is 0 Å². The molecule has 0 aromatic heterocycles. The standard InChI is InChI=1S/C13H28N2O/c1-10(2)13(3,4)9-15-8-12-6-5-11(7-14)16-12/h10-12,15H,5-9,14H2,1-4H3. The van der Waals surface area contributed by atoms with Crippen molar-refractivity contribution >= 4 is 0 Å². The normalized spacial score (nSPS) is 26.6. The minimum Gasteiger partial charge on any atom is -0.372 e. The lowest BCUT2D eigenvalue weighted by atomic mass is 9.81. The van der Waals surface area contributed by atoms with Gasteiger partial charge in [0.15, 0.2) is 0 Å². The summed E-state index contributed by atoms with van der Waals surface area (Å²) in [4.78, 5) is 0. The van der Waals surface area contributed by atoms with E-state index in [1.165, 1.54) is 0 Å². The third-order valence-corrected chi connectivity index (χ3v) is 3.97. The van der Waals surface area contributed by atoms with E-state index in [2.05, 4.69) is 33.0 Å². The molecule has 1 rings (SSSR count). The SMILES string of the molecule is CC(C)C(C)(C)CNCC1CCC(CN)O1. The Morgan fingerprint density at radius 3 is 2.44 bits per heavy atom. The van der Waals surface area contributed by atoms with Crippen LogP contribution in [-0.2, 0) is 4.74 Å². The summed E-state index contributed by atoms with van der Waals surface area (Å²) in [5.74, 6) is 0.696. The highest BCUT2D eigenvalue weighted by molar-refractivity contribution is 4.79. The highest BCUT2D eigenvalue weighted by Crippen LogP contribution is 2.25. The van der Waals surface area contributed by atoms with Gasteiger partial charge in [-0.15, -0.1) is 0 Å². The van der Waals surface area contributed by atoms with Crippen LogP contribution in [-0.4, -0.2) is 31.8 Å². The molecule has 1 heterocycles. The summed E-state index contributed by atoms with van der Waals surface area (Å²) in [5, 5.41) is 3.53. The van der Waals surface area contributed by atoms with Crippen LogP contribution in [0, 0.1) is 11.3 Å². The first kappa shape index (κ1) is 13.9. The van der Waals surface area contributed by atoms with Crippen LogP contribution in [0.5, 0.6) is 0 Å². The van der Waals surface area contributed by atoms with Gasteiger partial charge in [0.05, 0.1) is 12.2 Å². The molecule has 0 bridgehead atoms. The van der Waals surface area contributed by atoms with Crippen LogP contribution in [0.1, 0.15) is 40.5 Å². The molecule has 1 aliphatic rings. The fourth-order valence-corrected chi connectivity index (χ4v) is 1.86. The Balaban J connectivity index is 2.17. The van der Waals surface area contributed by atoms with Gasteiger partial charge < -0.3 is 15.8 Å². The van der Waals surface area contributed by atoms with Crippen molar-refractivity contribution in [3.8, 4) is 0 Å². The van der Waals surface area contributed by atoms with Crippen LogP contribution in [0.4, 0.5) is 0 Å². The molecule has 16 heavy (non-hydrogen) atoms. The van der Waals surface area contributed by atoms with Gasteiger partial charge in [-0.3, -0.25) is 0 Å². The summed E-state index contributed by atoms with van der Waals surface area (Å²) >= 11 is 0. The molecular formula is C13H28N2O. The number of nitrogens with one attached hydrogen (secondary N) is 1. The van der Waals surface area contributed by atoms with Gasteiger partial charge in [0, 0.05) is 19.6 Å². The molecule has 1 saturated heterocycles. The quantitative estimate of drug-likeness (QED) is 0.728. The van der Waals surface area contributed by atoms with Crippen LogP contribution in [0.3, 0.4) is 0 Å². The number of hydrogen-bond donors (Lipinski definition) is 2. The highest BCUT2D eigenvalue weighted by atomic mass is 16.5. The van der Waals surface area contributed by atoms with E-state index in [0.717, 1.165) is 25.9 Å². The zero-order valence-corrected chi connectivity index (χ0v) is 11.3. The topological polar surface area (TPSA) is 47.3 Å². The summed E-state index contributed by atoms with van der Waals surface area (Å²) in [6.45, 7) is 11.8. The Morgan fingerprint density at radius 1 is 1.31 bits per heavy atom. The lowest BCUT2D eigenvalue weighted by Gasteiger charge is -2.30. The molecule has 3 N–H and O–H groups in total. The second-order valence-corrected chi connectivity index (χ2v) is 5.97. The first-order valence-electron chi connectivity index (χ1n) is 6.52. The minimum absolute atomic E-state index is 0.296. The van der Waals surface area contributed by atoms with Crippen molar-refractivity contribution in [3.63, 3.8) is 0 Å². The molecule has 3 heteroatoms. The molecule has 0 spiro atoms. The minimum atomic E-state index is 0.296. The van der Waals surface area contributed by atoms with E-state index in [1.807, 2.05) is 0 Å². The first-order valence-corrected chi connectivity index (χ1v) is 6.52. The van der Waals surface area contributed by atoms with Gasteiger partial charge >= 0.3 is 0 Å². The lowest BCUT2D eigenvalue weighted by molar-refractivity contribution is 0.0483. The second kappa shape index (κ2) is 5.99. The molecule has 96 valence electrons. The molecule has 2 atom stereocenters. The average Bonchev–Trinajstić information content (AvgIpc) is 2.65. The predicted octanol–water partition coefficient (Wildman–Crippen LogP) is 1.76. The monoisotopic (exact) mass is 228 g/mol. The van der Waals surface area contributed by atoms with Crippen molar-refractivity contribution in [3.05, 3.63) is 0 Å². The summed E-state index contributed by atoms with van der Waals surface area (Å²) < 4.78 is 5.80. The van der Waals surface area contributed by atoms with Gasteiger partial charge in [0.25, 0.3) is 0 Å². The van der Waals surface area contributed by atoms with Gasteiger partial charge in [0.2, 0.25) is 0 Å². The largest absolute Gasteiger partial charge is 0.372 e. The lowest BCUT2D eigenvalue weighted by Crippen LogP contribution is -2.37. The van der Waals surface area contributed by atoms with Crippen LogP contribution in [0.2, 0.25) is 0 Å². The molecule has 0 amide bonds.